The first kappa shape index (κ1) is 18.9. The fourth-order valence-electron chi connectivity index (χ4n) is 2.08. The smallest absolute Gasteiger partial charge is 0.328 e. The van der Waals surface area contributed by atoms with E-state index in [0.29, 0.717) is 17.3 Å². The summed E-state index contributed by atoms with van der Waals surface area (Å²) in [6.45, 7) is 5.60. The molecule has 0 spiro atoms. The van der Waals surface area contributed by atoms with Gasteiger partial charge in [0.25, 0.3) is 0 Å². The van der Waals surface area contributed by atoms with E-state index in [1.807, 2.05) is 0 Å². The summed E-state index contributed by atoms with van der Waals surface area (Å²) in [6, 6.07) is 0. The lowest BCUT2D eigenvalue weighted by molar-refractivity contribution is -0.134. The Bertz CT molecular complexity index is 579. The van der Waals surface area contributed by atoms with Gasteiger partial charge in [-0.05, 0) is 25.0 Å². The third-order valence-corrected chi connectivity index (χ3v) is 3.66. The van der Waals surface area contributed by atoms with Gasteiger partial charge in [-0.15, -0.1) is 11.3 Å². The average molecular weight is 339 g/mol. The van der Waals surface area contributed by atoms with E-state index < -0.39 is 11.9 Å². The second-order valence-corrected chi connectivity index (χ2v) is 5.76. The van der Waals surface area contributed by atoms with E-state index in [0.717, 1.165) is 18.7 Å². The van der Waals surface area contributed by atoms with Gasteiger partial charge in [-0.3, -0.25) is 4.90 Å². The second-order valence-electron chi connectivity index (χ2n) is 4.87. The monoisotopic (exact) mass is 339 g/mol. The molecule has 0 bridgehead atoms. The molecule has 0 amide bonds. The number of nitrogens with zero attached hydrogens (tertiary/aromatic N) is 2. The van der Waals surface area contributed by atoms with Gasteiger partial charge >= 0.3 is 11.9 Å². The maximum atomic E-state index is 9.55. The first-order chi connectivity index (χ1) is 10.9. The minimum atomic E-state index is -1.26. The van der Waals surface area contributed by atoms with Gasteiger partial charge in [0.2, 0.25) is 0 Å². The number of rotatable bonds is 5. The van der Waals surface area contributed by atoms with Gasteiger partial charge in [0.15, 0.2) is 5.13 Å². The molecule has 4 N–H and O–H groups in total. The molecule has 2 heterocycles. The summed E-state index contributed by atoms with van der Waals surface area (Å²) in [5, 5.41) is 18.3. The molecule has 1 aromatic rings. The highest BCUT2D eigenvalue weighted by molar-refractivity contribution is 7.13. The molecule has 1 aliphatic rings. The van der Waals surface area contributed by atoms with Crippen molar-refractivity contribution in [2.75, 3.05) is 25.4 Å². The summed E-state index contributed by atoms with van der Waals surface area (Å²) < 4.78 is 0. The highest BCUT2D eigenvalue weighted by Crippen LogP contribution is 2.23. The van der Waals surface area contributed by atoms with Gasteiger partial charge in [-0.2, -0.15) is 0 Å². The molecule has 0 saturated carbocycles. The van der Waals surface area contributed by atoms with E-state index in [1.165, 1.54) is 36.4 Å². The Morgan fingerprint density at radius 2 is 2.04 bits per heavy atom. The number of hydrogen-bond donors (Lipinski definition) is 3. The van der Waals surface area contributed by atoms with Crippen LogP contribution in [0.2, 0.25) is 0 Å². The molecule has 0 unspecified atom stereocenters. The predicted molar refractivity (Wildman–Crippen MR) is 90.3 cm³/mol. The van der Waals surface area contributed by atoms with Crippen LogP contribution in [0.15, 0.2) is 23.6 Å². The maximum absolute atomic E-state index is 9.55. The molecular weight excluding hydrogens is 318 g/mol. The lowest BCUT2D eigenvalue weighted by Crippen LogP contribution is -2.30. The third-order valence-electron chi connectivity index (χ3n) is 2.99. The van der Waals surface area contributed by atoms with Crippen LogP contribution in [0.1, 0.15) is 25.5 Å². The van der Waals surface area contributed by atoms with Crippen molar-refractivity contribution in [1.82, 2.24) is 9.88 Å². The van der Waals surface area contributed by atoms with Crippen LogP contribution in [0.4, 0.5) is 5.13 Å². The standard InChI is InChI=1S/C11H17N3S.C4H4O4/c1-2-5-14-6-3-4-9(7-14)10-8-15-11(12)13-10;5-3(6)1-2-4(7)8/h4,8H,2-3,5-7H2,1H3,(H2,12,13);1-2H,(H,5,6)(H,7,8)/b;2-1+. The van der Waals surface area contributed by atoms with Crippen LogP contribution >= 0.6 is 11.3 Å². The molecule has 1 aliphatic heterocycles. The van der Waals surface area contributed by atoms with Crippen molar-refractivity contribution in [3.05, 3.63) is 29.3 Å². The van der Waals surface area contributed by atoms with Crippen molar-refractivity contribution in [2.45, 2.75) is 19.8 Å². The normalized spacial score (nSPS) is 14.9. The fourth-order valence-corrected chi connectivity index (χ4v) is 2.66. The van der Waals surface area contributed by atoms with Crippen molar-refractivity contribution in [1.29, 1.82) is 0 Å². The van der Waals surface area contributed by atoms with Gasteiger partial charge in [0, 0.05) is 30.6 Å². The first-order valence-electron chi connectivity index (χ1n) is 7.19. The topological polar surface area (TPSA) is 117 Å². The number of hydrogen-bond acceptors (Lipinski definition) is 6. The van der Waals surface area contributed by atoms with Crippen LogP contribution in [-0.2, 0) is 9.59 Å². The first-order valence-corrected chi connectivity index (χ1v) is 8.07. The Balaban J connectivity index is 0.000000284. The summed E-state index contributed by atoms with van der Waals surface area (Å²) in [4.78, 5) is 25.9. The zero-order valence-corrected chi connectivity index (χ0v) is 13.8. The van der Waals surface area contributed by atoms with Gasteiger partial charge in [-0.25, -0.2) is 14.6 Å². The molecule has 0 atom stereocenters. The molecule has 23 heavy (non-hydrogen) atoms. The molecule has 0 saturated heterocycles. The van der Waals surface area contributed by atoms with Gasteiger partial charge in [0.1, 0.15) is 0 Å². The molecule has 1 aromatic heterocycles. The van der Waals surface area contributed by atoms with Gasteiger partial charge in [-0.1, -0.05) is 13.0 Å². The number of nitrogens with two attached hydrogens (primary N) is 1. The van der Waals surface area contributed by atoms with Crippen molar-refractivity contribution in [2.24, 2.45) is 0 Å². The summed E-state index contributed by atoms with van der Waals surface area (Å²) >= 11 is 1.52. The summed E-state index contributed by atoms with van der Waals surface area (Å²) in [7, 11) is 0. The molecule has 0 aromatic carbocycles. The largest absolute Gasteiger partial charge is 0.478 e. The van der Waals surface area contributed by atoms with E-state index in [9.17, 15) is 9.59 Å². The third kappa shape index (κ3) is 7.57. The highest BCUT2D eigenvalue weighted by Gasteiger charge is 2.14. The van der Waals surface area contributed by atoms with Crippen LogP contribution in [0.25, 0.3) is 5.57 Å². The van der Waals surface area contributed by atoms with Crippen LogP contribution in [0.3, 0.4) is 0 Å². The van der Waals surface area contributed by atoms with Gasteiger partial charge in [0.05, 0.1) is 5.69 Å². The van der Waals surface area contributed by atoms with E-state index in [-0.39, 0.29) is 0 Å². The minimum Gasteiger partial charge on any atom is -0.478 e. The summed E-state index contributed by atoms with van der Waals surface area (Å²) in [5.41, 5.74) is 8.05. The van der Waals surface area contributed by atoms with Crippen molar-refractivity contribution in [3.8, 4) is 0 Å². The predicted octanol–water partition coefficient (Wildman–Crippen LogP) is 1.94. The van der Waals surface area contributed by atoms with Crippen molar-refractivity contribution in [3.63, 3.8) is 0 Å². The SMILES string of the molecule is CCCN1CCC=C(c2csc(N)n2)C1.O=C(O)/C=C/C(=O)O. The number of carbonyl (C=O) groups is 2. The van der Waals surface area contributed by atoms with E-state index in [2.05, 4.69) is 28.3 Å². The molecular formula is C15H21N3O4S. The number of nitrogen functional groups attached to an aromatic ring is 1. The number of aliphatic carboxylic acids is 2. The Hall–Kier alpha value is -2.19. The lowest BCUT2D eigenvalue weighted by Gasteiger charge is -2.26. The fraction of sp³-hybridized carbons (Fsp3) is 0.400. The Kier molecular flexibility index (Phi) is 8.00. The highest BCUT2D eigenvalue weighted by atomic mass is 32.1. The van der Waals surface area contributed by atoms with Crippen molar-refractivity contribution < 1.29 is 19.8 Å². The zero-order chi connectivity index (χ0) is 17.2. The van der Waals surface area contributed by atoms with Crippen LogP contribution in [0, 0.1) is 0 Å². The minimum absolute atomic E-state index is 0.558. The Morgan fingerprint density at radius 1 is 1.39 bits per heavy atom. The summed E-state index contributed by atoms with van der Waals surface area (Å²) in [5.74, 6) is -2.51. The van der Waals surface area contributed by atoms with Crippen LogP contribution in [-0.4, -0.2) is 51.7 Å². The molecule has 0 radical (unpaired) electrons. The van der Waals surface area contributed by atoms with Crippen LogP contribution in [0.5, 0.6) is 0 Å². The maximum Gasteiger partial charge on any atom is 0.328 e. The molecule has 7 nitrogen and oxygen atoms in total. The Morgan fingerprint density at radius 3 is 2.52 bits per heavy atom. The molecule has 0 fully saturated rings. The number of carboxylic acid groups (broad SMARTS) is 2. The number of thiazole rings is 1. The van der Waals surface area contributed by atoms with Crippen LogP contribution < -0.4 is 5.73 Å². The number of anilines is 1. The van der Waals surface area contributed by atoms with Crippen molar-refractivity contribution >= 4 is 34.0 Å². The lowest BCUT2D eigenvalue weighted by atomic mass is 10.1. The Labute approximate surface area is 138 Å². The zero-order valence-electron chi connectivity index (χ0n) is 12.9. The second kappa shape index (κ2) is 9.75. The van der Waals surface area contributed by atoms with Gasteiger partial charge < -0.3 is 15.9 Å². The molecule has 2 rings (SSSR count). The van der Waals surface area contributed by atoms with E-state index in [4.69, 9.17) is 15.9 Å². The van der Waals surface area contributed by atoms with E-state index >= 15 is 0 Å². The van der Waals surface area contributed by atoms with E-state index in [1.54, 1.807) is 0 Å². The molecule has 126 valence electrons. The average Bonchev–Trinajstić information content (AvgIpc) is 2.93. The molecule has 8 heteroatoms. The molecule has 0 aliphatic carbocycles. The quantitative estimate of drug-likeness (QED) is 0.702. The number of carboxylic acids is 2. The summed E-state index contributed by atoms with van der Waals surface area (Å²) in [6.07, 6.45) is 5.75. The number of aromatic nitrogens is 1.